The van der Waals surface area contributed by atoms with Gasteiger partial charge in [0, 0.05) is 56.9 Å². The Morgan fingerprint density at radius 2 is 1.57 bits per heavy atom. The van der Waals surface area contributed by atoms with Crippen LogP contribution in [0.4, 0.5) is 5.69 Å². The first-order valence-electron chi connectivity index (χ1n) is 11.0. The second-order valence-corrected chi connectivity index (χ2v) is 8.66. The summed E-state index contributed by atoms with van der Waals surface area (Å²) in [5.41, 5.74) is 4.28. The maximum absolute atomic E-state index is 12.9. The summed E-state index contributed by atoms with van der Waals surface area (Å²) in [4.78, 5) is 30.9. The summed E-state index contributed by atoms with van der Waals surface area (Å²) in [6.45, 7) is 9.39. The van der Waals surface area contributed by atoms with Crippen LogP contribution in [0.1, 0.15) is 54.1 Å². The van der Waals surface area contributed by atoms with E-state index in [1.54, 1.807) is 4.90 Å². The third kappa shape index (κ3) is 4.57. The van der Waals surface area contributed by atoms with E-state index in [0.717, 1.165) is 51.4 Å². The highest BCUT2D eigenvalue weighted by atomic mass is 16.2. The lowest BCUT2D eigenvalue weighted by molar-refractivity contribution is -0.117. The van der Waals surface area contributed by atoms with Gasteiger partial charge in [0.05, 0.1) is 0 Å². The molecule has 2 fully saturated rings. The number of hydrogen-bond donors (Lipinski definition) is 0. The van der Waals surface area contributed by atoms with Gasteiger partial charge in [-0.25, -0.2) is 0 Å². The molecular weight excluding hydrogens is 374 g/mol. The Morgan fingerprint density at radius 1 is 0.900 bits per heavy atom. The molecule has 0 aliphatic carbocycles. The van der Waals surface area contributed by atoms with E-state index in [4.69, 9.17) is 0 Å². The van der Waals surface area contributed by atoms with Gasteiger partial charge in [0.15, 0.2) is 0 Å². The van der Waals surface area contributed by atoms with Gasteiger partial charge in [-0.15, -0.1) is 0 Å². The Labute approximate surface area is 179 Å². The van der Waals surface area contributed by atoms with E-state index in [2.05, 4.69) is 43.0 Å². The van der Waals surface area contributed by atoms with E-state index in [1.807, 2.05) is 29.2 Å². The zero-order valence-electron chi connectivity index (χ0n) is 18.0. The average Bonchev–Trinajstić information content (AvgIpc) is 3.20. The Balaban J connectivity index is 1.30. The Bertz CT molecular complexity index is 882. The van der Waals surface area contributed by atoms with Crippen LogP contribution in [0.25, 0.3) is 0 Å². The van der Waals surface area contributed by atoms with Crippen molar-refractivity contribution < 1.29 is 9.59 Å². The minimum Gasteiger partial charge on any atom is -0.336 e. The first kappa shape index (κ1) is 20.6. The van der Waals surface area contributed by atoms with Crippen molar-refractivity contribution in [2.24, 2.45) is 0 Å². The van der Waals surface area contributed by atoms with Crippen molar-refractivity contribution in [3.8, 4) is 0 Å². The molecule has 0 atom stereocenters. The van der Waals surface area contributed by atoms with E-state index < -0.39 is 0 Å². The van der Waals surface area contributed by atoms with Crippen molar-refractivity contribution in [3.63, 3.8) is 0 Å². The van der Waals surface area contributed by atoms with Crippen molar-refractivity contribution in [3.05, 3.63) is 65.2 Å². The Hall–Kier alpha value is -2.66. The van der Waals surface area contributed by atoms with Crippen molar-refractivity contribution in [2.75, 3.05) is 37.6 Å². The van der Waals surface area contributed by atoms with Crippen LogP contribution < -0.4 is 4.90 Å². The lowest BCUT2D eigenvalue weighted by Crippen LogP contribution is -2.48. The highest BCUT2D eigenvalue weighted by molar-refractivity contribution is 5.97. The molecule has 0 radical (unpaired) electrons. The van der Waals surface area contributed by atoms with Gasteiger partial charge in [-0.2, -0.15) is 0 Å². The molecule has 0 saturated carbocycles. The highest BCUT2D eigenvalue weighted by Gasteiger charge is 2.24. The number of anilines is 1. The van der Waals surface area contributed by atoms with Crippen LogP contribution in [-0.2, 0) is 11.3 Å². The van der Waals surface area contributed by atoms with Crippen LogP contribution >= 0.6 is 0 Å². The SMILES string of the molecule is CC(C)c1ccc(CN2CCN(C(=O)c3ccc(N4CCCC4=O)cc3)CC2)cc1. The standard InChI is InChI=1S/C25H31N3O2/c1-19(2)21-7-5-20(6-8-21)18-26-14-16-27(17-15-26)25(30)22-9-11-23(12-10-22)28-13-3-4-24(28)29/h5-12,19H,3-4,13-18H2,1-2H3. The number of rotatable bonds is 5. The van der Waals surface area contributed by atoms with Crippen LogP contribution in [0.15, 0.2) is 48.5 Å². The van der Waals surface area contributed by atoms with Crippen molar-refractivity contribution in [1.82, 2.24) is 9.80 Å². The van der Waals surface area contributed by atoms with Gasteiger partial charge in [0.25, 0.3) is 5.91 Å². The first-order valence-corrected chi connectivity index (χ1v) is 11.0. The van der Waals surface area contributed by atoms with Crippen LogP contribution in [0.2, 0.25) is 0 Å². The van der Waals surface area contributed by atoms with Crippen LogP contribution in [0.5, 0.6) is 0 Å². The summed E-state index contributed by atoms with van der Waals surface area (Å²) >= 11 is 0. The van der Waals surface area contributed by atoms with Crippen molar-refractivity contribution in [2.45, 2.75) is 39.2 Å². The van der Waals surface area contributed by atoms with Gasteiger partial charge >= 0.3 is 0 Å². The number of nitrogens with zero attached hydrogens (tertiary/aromatic N) is 3. The number of amides is 2. The number of piperazine rings is 1. The fourth-order valence-corrected chi connectivity index (χ4v) is 4.26. The van der Waals surface area contributed by atoms with Gasteiger partial charge in [-0.3, -0.25) is 14.5 Å². The fraction of sp³-hybridized carbons (Fsp3) is 0.440. The maximum Gasteiger partial charge on any atom is 0.253 e. The molecule has 0 aromatic heterocycles. The lowest BCUT2D eigenvalue weighted by Gasteiger charge is -2.35. The third-order valence-electron chi connectivity index (χ3n) is 6.21. The molecule has 2 aromatic carbocycles. The van der Waals surface area contributed by atoms with Gasteiger partial charge in [-0.05, 0) is 47.7 Å². The maximum atomic E-state index is 12.9. The normalized spacial score (nSPS) is 17.8. The summed E-state index contributed by atoms with van der Waals surface area (Å²) in [6, 6.07) is 16.4. The lowest BCUT2D eigenvalue weighted by atomic mass is 10.0. The van der Waals surface area contributed by atoms with E-state index in [0.29, 0.717) is 17.9 Å². The summed E-state index contributed by atoms with van der Waals surface area (Å²) in [6.07, 6.45) is 1.53. The number of carbonyl (C=O) groups is 2. The molecule has 2 amide bonds. The largest absolute Gasteiger partial charge is 0.336 e. The minimum absolute atomic E-state index is 0.0789. The van der Waals surface area contributed by atoms with Gasteiger partial charge in [0.1, 0.15) is 0 Å². The van der Waals surface area contributed by atoms with Crippen LogP contribution in [-0.4, -0.2) is 54.3 Å². The molecule has 5 nitrogen and oxygen atoms in total. The summed E-state index contributed by atoms with van der Waals surface area (Å²) in [5, 5.41) is 0. The van der Waals surface area contributed by atoms with Crippen molar-refractivity contribution >= 4 is 17.5 Å². The zero-order valence-corrected chi connectivity index (χ0v) is 18.0. The van der Waals surface area contributed by atoms with E-state index in [-0.39, 0.29) is 11.8 Å². The Morgan fingerprint density at radius 3 is 2.13 bits per heavy atom. The first-order chi connectivity index (χ1) is 14.5. The number of hydrogen-bond acceptors (Lipinski definition) is 3. The molecule has 0 unspecified atom stereocenters. The molecule has 2 aromatic rings. The summed E-state index contributed by atoms with van der Waals surface area (Å²) in [5.74, 6) is 0.804. The molecule has 2 aliphatic rings. The molecule has 30 heavy (non-hydrogen) atoms. The second kappa shape index (κ2) is 9.00. The molecule has 5 heteroatoms. The third-order valence-corrected chi connectivity index (χ3v) is 6.21. The Kier molecular flexibility index (Phi) is 6.18. The van der Waals surface area contributed by atoms with Gasteiger partial charge in [-0.1, -0.05) is 38.1 Å². The zero-order chi connectivity index (χ0) is 21.1. The minimum atomic E-state index is 0.0789. The van der Waals surface area contributed by atoms with Gasteiger partial charge < -0.3 is 9.80 Å². The van der Waals surface area contributed by atoms with E-state index in [1.165, 1.54) is 11.1 Å². The smallest absolute Gasteiger partial charge is 0.253 e. The second-order valence-electron chi connectivity index (χ2n) is 8.66. The van der Waals surface area contributed by atoms with E-state index >= 15 is 0 Å². The quantitative estimate of drug-likeness (QED) is 0.758. The van der Waals surface area contributed by atoms with Gasteiger partial charge in [0.2, 0.25) is 5.91 Å². The van der Waals surface area contributed by atoms with Crippen molar-refractivity contribution in [1.29, 1.82) is 0 Å². The highest BCUT2D eigenvalue weighted by Crippen LogP contribution is 2.22. The molecule has 2 heterocycles. The van der Waals surface area contributed by atoms with Crippen LogP contribution in [0.3, 0.4) is 0 Å². The van der Waals surface area contributed by atoms with E-state index in [9.17, 15) is 9.59 Å². The summed E-state index contributed by atoms with van der Waals surface area (Å²) in [7, 11) is 0. The molecule has 4 rings (SSSR count). The predicted molar refractivity (Wildman–Crippen MR) is 120 cm³/mol. The molecule has 2 saturated heterocycles. The molecule has 0 spiro atoms. The summed E-state index contributed by atoms with van der Waals surface area (Å²) < 4.78 is 0. The molecular formula is C25H31N3O2. The van der Waals surface area contributed by atoms with Crippen LogP contribution in [0, 0.1) is 0 Å². The number of carbonyl (C=O) groups excluding carboxylic acids is 2. The number of benzene rings is 2. The fourth-order valence-electron chi connectivity index (χ4n) is 4.26. The molecule has 2 aliphatic heterocycles. The topological polar surface area (TPSA) is 43.9 Å². The molecule has 0 bridgehead atoms. The molecule has 158 valence electrons. The molecule has 0 N–H and O–H groups in total. The average molecular weight is 406 g/mol. The monoisotopic (exact) mass is 405 g/mol. The predicted octanol–water partition coefficient (Wildman–Crippen LogP) is 3.89.